The van der Waals surface area contributed by atoms with Crippen molar-refractivity contribution in [2.24, 2.45) is 0 Å². The molecule has 0 amide bonds. The van der Waals surface area contributed by atoms with Crippen LogP contribution >= 0.6 is 11.8 Å². The largest absolute Gasteiger partial charge is 0.436 e. The summed E-state index contributed by atoms with van der Waals surface area (Å²) in [7, 11) is 0. The molecule has 0 unspecified atom stereocenters. The Morgan fingerprint density at radius 3 is 2.39 bits per heavy atom. The predicted molar refractivity (Wildman–Crippen MR) is 71.9 cm³/mol. The normalized spacial score (nSPS) is 11.4. The second-order valence-electron chi connectivity index (χ2n) is 4.57. The first-order valence-corrected chi connectivity index (χ1v) is 6.68. The van der Waals surface area contributed by atoms with E-state index in [-0.39, 0.29) is 6.04 Å². The van der Waals surface area contributed by atoms with Crippen molar-refractivity contribution in [2.75, 3.05) is 5.73 Å². The maximum absolute atomic E-state index is 6.06. The molecule has 0 aliphatic rings. The Hall–Kier alpha value is -1.43. The number of aromatic nitrogens is 3. The minimum Gasteiger partial charge on any atom is -0.436 e. The van der Waals surface area contributed by atoms with Crippen molar-refractivity contribution in [1.29, 1.82) is 0 Å². The minimum atomic E-state index is 0.251. The minimum absolute atomic E-state index is 0.251. The number of hydrogen-bond acceptors (Lipinski definition) is 5. The van der Waals surface area contributed by atoms with Gasteiger partial charge in [-0.25, -0.2) is 4.98 Å². The first-order chi connectivity index (χ1) is 8.40. The first kappa shape index (κ1) is 13.0. The zero-order valence-electron chi connectivity index (χ0n) is 11.3. The summed E-state index contributed by atoms with van der Waals surface area (Å²) in [6, 6.07) is 0.251. The Morgan fingerprint density at radius 1 is 1.22 bits per heavy atom. The average molecular weight is 266 g/mol. The molecule has 6 heteroatoms. The smallest absolute Gasteiger partial charge is 0.262 e. The Kier molecular flexibility index (Phi) is 3.38. The molecule has 98 valence electrons. The van der Waals surface area contributed by atoms with Gasteiger partial charge in [0.25, 0.3) is 5.22 Å². The van der Waals surface area contributed by atoms with E-state index < -0.39 is 0 Å². The molecule has 2 aromatic heterocycles. The van der Waals surface area contributed by atoms with E-state index in [0.29, 0.717) is 10.9 Å². The summed E-state index contributed by atoms with van der Waals surface area (Å²) < 4.78 is 7.48. The molecule has 0 atom stereocenters. The second-order valence-corrected chi connectivity index (χ2v) is 5.51. The van der Waals surface area contributed by atoms with E-state index in [4.69, 9.17) is 10.2 Å². The van der Waals surface area contributed by atoms with Gasteiger partial charge in [-0.15, -0.1) is 0 Å². The highest BCUT2D eigenvalue weighted by atomic mass is 32.2. The van der Waals surface area contributed by atoms with E-state index in [0.717, 1.165) is 22.2 Å². The standard InChI is InChI=1S/C12H18N4OS/c1-6(2)16-11(10(13)8(4)15-16)18-12-14-7(3)9(5)17-12/h6H,13H2,1-5H3. The summed E-state index contributed by atoms with van der Waals surface area (Å²) in [5.41, 5.74) is 8.50. The van der Waals surface area contributed by atoms with Crippen molar-refractivity contribution in [1.82, 2.24) is 14.8 Å². The highest BCUT2D eigenvalue weighted by Crippen LogP contribution is 2.35. The molecule has 0 aromatic carbocycles. The summed E-state index contributed by atoms with van der Waals surface area (Å²) in [5, 5.41) is 5.94. The van der Waals surface area contributed by atoms with Crippen molar-refractivity contribution in [3.05, 3.63) is 17.1 Å². The zero-order valence-corrected chi connectivity index (χ0v) is 12.1. The first-order valence-electron chi connectivity index (χ1n) is 5.86. The zero-order chi connectivity index (χ0) is 13.4. The van der Waals surface area contributed by atoms with Crippen molar-refractivity contribution in [2.45, 2.75) is 50.9 Å². The van der Waals surface area contributed by atoms with E-state index in [1.54, 1.807) is 0 Å². The van der Waals surface area contributed by atoms with E-state index in [9.17, 15) is 0 Å². The van der Waals surface area contributed by atoms with Crippen LogP contribution in [-0.4, -0.2) is 14.8 Å². The Bertz CT molecular complexity index is 551. The van der Waals surface area contributed by atoms with Crippen LogP contribution in [0, 0.1) is 20.8 Å². The highest BCUT2D eigenvalue weighted by Gasteiger charge is 2.18. The molecule has 5 nitrogen and oxygen atoms in total. The van der Waals surface area contributed by atoms with Gasteiger partial charge >= 0.3 is 0 Å². The van der Waals surface area contributed by atoms with Crippen molar-refractivity contribution in [3.8, 4) is 0 Å². The molecule has 2 N–H and O–H groups in total. The quantitative estimate of drug-likeness (QED) is 0.924. The Balaban J connectivity index is 2.39. The van der Waals surface area contributed by atoms with Crippen molar-refractivity contribution in [3.63, 3.8) is 0 Å². The van der Waals surface area contributed by atoms with Crippen LogP contribution in [0.5, 0.6) is 0 Å². The molecule has 0 aliphatic heterocycles. The van der Waals surface area contributed by atoms with Crippen LogP contribution in [-0.2, 0) is 0 Å². The van der Waals surface area contributed by atoms with Crippen LogP contribution in [0.25, 0.3) is 0 Å². The van der Waals surface area contributed by atoms with Crippen LogP contribution in [0.15, 0.2) is 14.7 Å². The summed E-state index contributed by atoms with van der Waals surface area (Å²) >= 11 is 1.42. The van der Waals surface area contributed by atoms with Gasteiger partial charge in [0.15, 0.2) is 0 Å². The molecule has 0 spiro atoms. The lowest BCUT2D eigenvalue weighted by atomic mass is 10.4. The predicted octanol–water partition coefficient (Wildman–Crippen LogP) is 3.11. The van der Waals surface area contributed by atoms with Gasteiger partial charge < -0.3 is 10.2 Å². The third-order valence-corrected chi connectivity index (χ3v) is 3.72. The lowest BCUT2D eigenvalue weighted by molar-refractivity contribution is 0.428. The monoisotopic (exact) mass is 266 g/mol. The summed E-state index contributed by atoms with van der Waals surface area (Å²) in [4.78, 5) is 4.36. The molecule has 0 saturated heterocycles. The van der Waals surface area contributed by atoms with Gasteiger partial charge in [-0.3, -0.25) is 4.68 Å². The fourth-order valence-corrected chi connectivity index (χ4v) is 2.68. The van der Waals surface area contributed by atoms with Crippen LogP contribution < -0.4 is 5.73 Å². The molecule has 0 fully saturated rings. The number of oxazole rings is 1. The maximum Gasteiger partial charge on any atom is 0.262 e. The average Bonchev–Trinajstić information content (AvgIpc) is 2.74. The van der Waals surface area contributed by atoms with E-state index in [2.05, 4.69) is 23.9 Å². The number of aryl methyl sites for hydroxylation is 3. The molecular weight excluding hydrogens is 248 g/mol. The number of hydrogen-bond donors (Lipinski definition) is 1. The maximum atomic E-state index is 6.06. The van der Waals surface area contributed by atoms with Crippen LogP contribution in [0.1, 0.15) is 37.0 Å². The molecule has 2 heterocycles. The summed E-state index contributed by atoms with van der Waals surface area (Å²) in [6.45, 7) is 9.88. The summed E-state index contributed by atoms with van der Waals surface area (Å²) in [6.07, 6.45) is 0. The van der Waals surface area contributed by atoms with E-state index in [1.165, 1.54) is 11.8 Å². The van der Waals surface area contributed by atoms with Gasteiger partial charge in [-0.2, -0.15) is 5.10 Å². The topological polar surface area (TPSA) is 69.9 Å². The van der Waals surface area contributed by atoms with Crippen molar-refractivity contribution >= 4 is 17.4 Å². The number of nitrogens with zero attached hydrogens (tertiary/aromatic N) is 3. The molecule has 0 bridgehead atoms. The fourth-order valence-electron chi connectivity index (χ4n) is 1.56. The second kappa shape index (κ2) is 4.68. The molecule has 0 saturated carbocycles. The van der Waals surface area contributed by atoms with Crippen LogP contribution in [0.4, 0.5) is 5.69 Å². The number of nitrogens with two attached hydrogens (primary N) is 1. The van der Waals surface area contributed by atoms with Crippen molar-refractivity contribution < 1.29 is 4.42 Å². The number of rotatable bonds is 3. The third-order valence-electron chi connectivity index (χ3n) is 2.77. The molecule has 0 aliphatic carbocycles. The molecular formula is C12H18N4OS. The lowest BCUT2D eigenvalue weighted by Crippen LogP contribution is -2.04. The molecule has 0 radical (unpaired) electrons. The third kappa shape index (κ3) is 2.25. The number of anilines is 1. The van der Waals surface area contributed by atoms with Gasteiger partial charge in [0, 0.05) is 6.04 Å². The van der Waals surface area contributed by atoms with Gasteiger partial charge in [-0.05, 0) is 46.4 Å². The van der Waals surface area contributed by atoms with Gasteiger partial charge in [0.05, 0.1) is 17.1 Å². The van der Waals surface area contributed by atoms with Gasteiger partial charge in [-0.1, -0.05) is 0 Å². The van der Waals surface area contributed by atoms with Crippen LogP contribution in [0.3, 0.4) is 0 Å². The highest BCUT2D eigenvalue weighted by molar-refractivity contribution is 7.99. The molecule has 2 rings (SSSR count). The fraction of sp³-hybridized carbons (Fsp3) is 0.500. The Labute approximate surface area is 111 Å². The van der Waals surface area contributed by atoms with Gasteiger partial charge in [0.1, 0.15) is 10.8 Å². The molecule has 18 heavy (non-hydrogen) atoms. The SMILES string of the molecule is Cc1nc(Sc2c(N)c(C)nn2C(C)C)oc1C. The molecule has 2 aromatic rings. The van der Waals surface area contributed by atoms with Crippen LogP contribution in [0.2, 0.25) is 0 Å². The van der Waals surface area contributed by atoms with E-state index in [1.807, 2.05) is 25.5 Å². The summed E-state index contributed by atoms with van der Waals surface area (Å²) in [5.74, 6) is 0.836. The number of nitrogen functional groups attached to an aromatic ring is 1. The van der Waals surface area contributed by atoms with Gasteiger partial charge in [0.2, 0.25) is 0 Å². The van der Waals surface area contributed by atoms with E-state index >= 15 is 0 Å². The Morgan fingerprint density at radius 2 is 1.89 bits per heavy atom. The lowest BCUT2D eigenvalue weighted by Gasteiger charge is -2.09.